The Morgan fingerprint density at radius 1 is 0.302 bits per heavy atom. The summed E-state index contributed by atoms with van der Waals surface area (Å²) in [6, 6.07) is 0. The minimum absolute atomic E-state index is 0.0802. The number of ether oxygens (including phenoxy) is 3. The number of hydrogen-bond donors (Lipinski definition) is 0. The second kappa shape index (κ2) is 52.5. The van der Waals surface area contributed by atoms with Crippen molar-refractivity contribution in [2.45, 2.75) is 309 Å². The van der Waals surface area contributed by atoms with E-state index in [-0.39, 0.29) is 31.1 Å². The molecular formula is C57H106O6. The summed E-state index contributed by atoms with van der Waals surface area (Å²) < 4.78 is 16.8. The topological polar surface area (TPSA) is 78.9 Å². The van der Waals surface area contributed by atoms with Crippen LogP contribution in [0.2, 0.25) is 0 Å². The highest BCUT2D eigenvalue weighted by Gasteiger charge is 2.19. The van der Waals surface area contributed by atoms with Crippen molar-refractivity contribution >= 4 is 17.9 Å². The molecule has 63 heavy (non-hydrogen) atoms. The van der Waals surface area contributed by atoms with Crippen LogP contribution in [-0.2, 0) is 28.6 Å². The van der Waals surface area contributed by atoms with E-state index in [1.807, 2.05) is 0 Å². The van der Waals surface area contributed by atoms with Gasteiger partial charge in [0.25, 0.3) is 0 Å². The van der Waals surface area contributed by atoms with Gasteiger partial charge in [0.2, 0.25) is 0 Å². The first-order valence-corrected chi connectivity index (χ1v) is 27.8. The van der Waals surface area contributed by atoms with E-state index in [4.69, 9.17) is 14.2 Å². The van der Waals surface area contributed by atoms with Crippen molar-refractivity contribution in [3.05, 3.63) is 24.3 Å². The van der Waals surface area contributed by atoms with Crippen LogP contribution in [0, 0.1) is 0 Å². The first-order valence-electron chi connectivity index (χ1n) is 27.8. The molecule has 1 unspecified atom stereocenters. The zero-order valence-electron chi connectivity index (χ0n) is 42.4. The van der Waals surface area contributed by atoms with Crippen molar-refractivity contribution in [1.29, 1.82) is 0 Å². The fourth-order valence-corrected chi connectivity index (χ4v) is 8.21. The Morgan fingerprint density at radius 3 is 0.873 bits per heavy atom. The van der Waals surface area contributed by atoms with Crippen molar-refractivity contribution in [1.82, 2.24) is 0 Å². The highest BCUT2D eigenvalue weighted by Crippen LogP contribution is 2.16. The smallest absolute Gasteiger partial charge is 0.306 e. The summed E-state index contributed by atoms with van der Waals surface area (Å²) >= 11 is 0. The van der Waals surface area contributed by atoms with Crippen LogP contribution in [0.1, 0.15) is 303 Å². The van der Waals surface area contributed by atoms with Crippen LogP contribution in [-0.4, -0.2) is 37.2 Å². The molecule has 0 bridgehead atoms. The highest BCUT2D eigenvalue weighted by molar-refractivity contribution is 5.71. The first-order chi connectivity index (χ1) is 31.0. The van der Waals surface area contributed by atoms with Gasteiger partial charge >= 0.3 is 17.9 Å². The molecule has 0 fully saturated rings. The van der Waals surface area contributed by atoms with E-state index in [2.05, 4.69) is 45.1 Å². The van der Waals surface area contributed by atoms with E-state index < -0.39 is 6.10 Å². The lowest BCUT2D eigenvalue weighted by Crippen LogP contribution is -2.30. The average molecular weight is 887 g/mol. The van der Waals surface area contributed by atoms with Gasteiger partial charge in [0.1, 0.15) is 13.2 Å². The summed E-state index contributed by atoms with van der Waals surface area (Å²) in [7, 11) is 0. The molecule has 0 heterocycles. The normalized spacial score (nSPS) is 12.1. The van der Waals surface area contributed by atoms with E-state index in [0.717, 1.165) is 64.2 Å². The average Bonchev–Trinajstić information content (AvgIpc) is 3.28. The van der Waals surface area contributed by atoms with Gasteiger partial charge in [0.05, 0.1) is 0 Å². The van der Waals surface area contributed by atoms with Gasteiger partial charge in [-0.3, -0.25) is 14.4 Å². The van der Waals surface area contributed by atoms with E-state index in [1.54, 1.807) is 0 Å². The molecule has 370 valence electrons. The van der Waals surface area contributed by atoms with Crippen LogP contribution in [0.25, 0.3) is 0 Å². The monoisotopic (exact) mass is 887 g/mol. The molecule has 0 amide bonds. The molecule has 0 aliphatic rings. The zero-order valence-corrected chi connectivity index (χ0v) is 42.4. The molecule has 0 radical (unpaired) electrons. The maximum atomic E-state index is 12.8. The molecule has 6 heteroatoms. The van der Waals surface area contributed by atoms with E-state index in [9.17, 15) is 14.4 Å². The van der Waals surface area contributed by atoms with Gasteiger partial charge in [-0.15, -0.1) is 0 Å². The maximum Gasteiger partial charge on any atom is 0.306 e. The Balaban J connectivity index is 4.27. The van der Waals surface area contributed by atoms with Gasteiger partial charge in [-0.1, -0.05) is 244 Å². The van der Waals surface area contributed by atoms with Crippen LogP contribution in [0.3, 0.4) is 0 Å². The third-order valence-corrected chi connectivity index (χ3v) is 12.4. The molecule has 0 aromatic rings. The Labute approximate surface area is 392 Å². The van der Waals surface area contributed by atoms with Crippen molar-refractivity contribution in [2.75, 3.05) is 13.2 Å². The van der Waals surface area contributed by atoms with E-state index in [1.165, 1.54) is 199 Å². The summed E-state index contributed by atoms with van der Waals surface area (Å²) in [4.78, 5) is 37.9. The van der Waals surface area contributed by atoms with Crippen LogP contribution in [0.4, 0.5) is 0 Å². The quantitative estimate of drug-likeness (QED) is 0.0262. The fraction of sp³-hybridized carbons (Fsp3) is 0.877. The highest BCUT2D eigenvalue weighted by atomic mass is 16.6. The summed E-state index contributed by atoms with van der Waals surface area (Å²) in [5.41, 5.74) is 0. The van der Waals surface area contributed by atoms with E-state index in [0.29, 0.717) is 19.3 Å². The third kappa shape index (κ3) is 50.7. The molecule has 0 spiro atoms. The minimum Gasteiger partial charge on any atom is -0.462 e. The summed E-state index contributed by atoms with van der Waals surface area (Å²) in [5.74, 6) is -0.908. The molecule has 0 N–H and O–H groups in total. The maximum absolute atomic E-state index is 12.8. The number of esters is 3. The van der Waals surface area contributed by atoms with E-state index >= 15 is 0 Å². The SMILES string of the molecule is CCCCCC/C=C\CCCC(=O)OCC(COC(=O)CCCCCCC/C=C\CCCCCCCCCCC)OC(=O)CCCCCCCCCCCCCCCCCCCC. The molecule has 1 atom stereocenters. The molecule has 6 nitrogen and oxygen atoms in total. The number of hydrogen-bond acceptors (Lipinski definition) is 6. The van der Waals surface area contributed by atoms with Crippen LogP contribution in [0.15, 0.2) is 24.3 Å². The number of allylic oxidation sites excluding steroid dienone is 4. The molecule has 0 rings (SSSR count). The van der Waals surface area contributed by atoms with Crippen LogP contribution < -0.4 is 0 Å². The molecule has 0 saturated carbocycles. The second-order valence-corrected chi connectivity index (χ2v) is 18.8. The number of unbranched alkanes of at least 4 members (excludes halogenated alkanes) is 36. The van der Waals surface area contributed by atoms with Gasteiger partial charge in [-0.05, 0) is 64.2 Å². The molecular weight excluding hydrogens is 781 g/mol. The number of carbonyl (C=O) groups excluding carboxylic acids is 3. The van der Waals surface area contributed by atoms with Gasteiger partial charge in [0, 0.05) is 19.3 Å². The number of carbonyl (C=O) groups is 3. The predicted molar refractivity (Wildman–Crippen MR) is 270 cm³/mol. The van der Waals surface area contributed by atoms with Crippen LogP contribution in [0.5, 0.6) is 0 Å². The lowest BCUT2D eigenvalue weighted by atomic mass is 10.0. The van der Waals surface area contributed by atoms with Crippen molar-refractivity contribution in [3.63, 3.8) is 0 Å². The van der Waals surface area contributed by atoms with Crippen molar-refractivity contribution in [2.24, 2.45) is 0 Å². The molecule has 0 aliphatic heterocycles. The van der Waals surface area contributed by atoms with Crippen molar-refractivity contribution in [3.8, 4) is 0 Å². The molecule has 0 aromatic heterocycles. The summed E-state index contributed by atoms with van der Waals surface area (Å²) in [5, 5.41) is 0. The Morgan fingerprint density at radius 2 is 0.540 bits per heavy atom. The van der Waals surface area contributed by atoms with Gasteiger partial charge < -0.3 is 14.2 Å². The number of rotatable bonds is 51. The zero-order chi connectivity index (χ0) is 45.8. The third-order valence-electron chi connectivity index (χ3n) is 12.4. The van der Waals surface area contributed by atoms with Gasteiger partial charge in [-0.2, -0.15) is 0 Å². The second-order valence-electron chi connectivity index (χ2n) is 18.8. The lowest BCUT2D eigenvalue weighted by molar-refractivity contribution is -0.167. The van der Waals surface area contributed by atoms with Gasteiger partial charge in [0.15, 0.2) is 6.10 Å². The predicted octanol–water partition coefficient (Wildman–Crippen LogP) is 18.3. The van der Waals surface area contributed by atoms with Crippen LogP contribution >= 0.6 is 0 Å². The Hall–Kier alpha value is -2.11. The van der Waals surface area contributed by atoms with Gasteiger partial charge in [-0.25, -0.2) is 0 Å². The Bertz CT molecular complexity index is 1020. The summed E-state index contributed by atoms with van der Waals surface area (Å²) in [6.45, 7) is 6.61. The molecule has 0 aromatic carbocycles. The molecule has 0 aliphatic carbocycles. The van der Waals surface area contributed by atoms with Crippen molar-refractivity contribution < 1.29 is 28.6 Å². The standard InChI is InChI=1S/C57H106O6/c1-4-7-10-13-16-19-21-23-25-27-29-31-33-35-38-41-44-47-50-56(59)62-53-54(52-61-55(58)49-46-43-40-37-18-15-12-9-6-3)63-57(60)51-48-45-42-39-36-34-32-30-28-26-24-22-20-17-14-11-8-5-2/h29,31,37,40,54H,4-28,30,32-36,38-39,41-53H2,1-3H3/b31-29-,40-37-. The minimum atomic E-state index is -0.780. The summed E-state index contributed by atoms with van der Waals surface area (Å²) in [6.07, 6.45) is 60.4. The molecule has 0 saturated heterocycles. The fourth-order valence-electron chi connectivity index (χ4n) is 8.21. The Kier molecular flexibility index (Phi) is 50.8. The lowest BCUT2D eigenvalue weighted by Gasteiger charge is -2.18. The first kappa shape index (κ1) is 60.9. The largest absolute Gasteiger partial charge is 0.462 e.